The van der Waals surface area contributed by atoms with Gasteiger partial charge in [0.25, 0.3) is 5.91 Å². The van der Waals surface area contributed by atoms with E-state index in [2.05, 4.69) is 0 Å². The summed E-state index contributed by atoms with van der Waals surface area (Å²) in [7, 11) is 3.11. The second-order valence-electron chi connectivity index (χ2n) is 6.62. The Balaban J connectivity index is 1.62. The Kier molecular flexibility index (Phi) is 7.45. The van der Waals surface area contributed by atoms with Crippen LogP contribution in [0.15, 0.2) is 48.5 Å². The second kappa shape index (κ2) is 10.5. The van der Waals surface area contributed by atoms with E-state index in [9.17, 15) is 9.59 Å². The molecule has 2 aromatic rings. The maximum Gasteiger partial charge on any atom is 0.260 e. The Bertz CT molecular complexity index is 900. The summed E-state index contributed by atoms with van der Waals surface area (Å²) in [5.74, 6) is 1.45. The fourth-order valence-electron chi connectivity index (χ4n) is 2.97. The number of morpholine rings is 1. The van der Waals surface area contributed by atoms with Gasteiger partial charge in [0.15, 0.2) is 23.9 Å². The van der Waals surface area contributed by atoms with Crippen molar-refractivity contribution < 1.29 is 28.5 Å². The highest BCUT2D eigenvalue weighted by Gasteiger charge is 2.18. The van der Waals surface area contributed by atoms with Gasteiger partial charge in [0.1, 0.15) is 5.75 Å². The molecule has 0 radical (unpaired) electrons. The van der Waals surface area contributed by atoms with Crippen molar-refractivity contribution in [3.8, 4) is 17.2 Å². The van der Waals surface area contributed by atoms with Gasteiger partial charge in [-0.05, 0) is 48.0 Å². The van der Waals surface area contributed by atoms with Crippen LogP contribution in [0.4, 0.5) is 0 Å². The molecule has 1 aliphatic rings. The van der Waals surface area contributed by atoms with E-state index in [4.69, 9.17) is 18.9 Å². The van der Waals surface area contributed by atoms with Crippen LogP contribution in [0, 0.1) is 0 Å². The van der Waals surface area contributed by atoms with Gasteiger partial charge in [0.2, 0.25) is 0 Å². The zero-order valence-corrected chi connectivity index (χ0v) is 17.1. The Labute approximate surface area is 175 Å². The first-order valence-corrected chi connectivity index (χ1v) is 9.63. The maximum absolute atomic E-state index is 12.3. The molecular weight excluding hydrogens is 386 g/mol. The highest BCUT2D eigenvalue weighted by Crippen LogP contribution is 2.28. The van der Waals surface area contributed by atoms with Gasteiger partial charge in [0.05, 0.1) is 27.4 Å². The third kappa shape index (κ3) is 5.61. The Morgan fingerprint density at radius 3 is 2.40 bits per heavy atom. The number of carbonyl (C=O) groups excluding carboxylic acids is 2. The summed E-state index contributed by atoms with van der Waals surface area (Å²) in [6.45, 7) is 2.18. The lowest BCUT2D eigenvalue weighted by molar-refractivity contribution is -0.137. The van der Waals surface area contributed by atoms with Crippen LogP contribution in [-0.2, 0) is 9.53 Å². The van der Waals surface area contributed by atoms with Crippen molar-refractivity contribution in [2.45, 2.75) is 0 Å². The lowest BCUT2D eigenvalue weighted by atomic mass is 10.1. The summed E-state index contributed by atoms with van der Waals surface area (Å²) < 4.78 is 21.4. The first kappa shape index (κ1) is 21.4. The molecule has 158 valence electrons. The number of ketones is 1. The van der Waals surface area contributed by atoms with Crippen LogP contribution in [-0.4, -0.2) is 63.7 Å². The van der Waals surface area contributed by atoms with Gasteiger partial charge in [0, 0.05) is 18.7 Å². The lowest BCUT2D eigenvalue weighted by Crippen LogP contribution is -2.43. The van der Waals surface area contributed by atoms with Gasteiger partial charge in [-0.2, -0.15) is 0 Å². The van der Waals surface area contributed by atoms with Crippen LogP contribution in [0.25, 0.3) is 6.08 Å². The van der Waals surface area contributed by atoms with Crippen LogP contribution < -0.4 is 14.2 Å². The van der Waals surface area contributed by atoms with Crippen LogP contribution in [0.2, 0.25) is 0 Å². The van der Waals surface area contributed by atoms with Gasteiger partial charge in [-0.15, -0.1) is 0 Å². The van der Waals surface area contributed by atoms with Gasteiger partial charge in [-0.3, -0.25) is 9.59 Å². The van der Waals surface area contributed by atoms with Crippen molar-refractivity contribution in [1.82, 2.24) is 4.90 Å². The average Bonchev–Trinajstić information content (AvgIpc) is 2.81. The molecule has 0 spiro atoms. The monoisotopic (exact) mass is 411 g/mol. The fraction of sp³-hybridized carbons (Fsp3) is 0.304. The third-order valence-electron chi connectivity index (χ3n) is 4.70. The van der Waals surface area contributed by atoms with Crippen molar-refractivity contribution in [3.63, 3.8) is 0 Å². The molecule has 1 fully saturated rings. The molecule has 0 N–H and O–H groups in total. The molecule has 0 aliphatic carbocycles. The van der Waals surface area contributed by atoms with Gasteiger partial charge in [-0.25, -0.2) is 0 Å². The number of methoxy groups -OCH3 is 2. The molecule has 0 saturated carbocycles. The lowest BCUT2D eigenvalue weighted by Gasteiger charge is -2.26. The first-order valence-electron chi connectivity index (χ1n) is 9.63. The molecule has 0 atom stereocenters. The molecule has 3 rings (SSSR count). The Hall–Kier alpha value is -3.32. The number of allylic oxidation sites excluding steroid dienone is 1. The second-order valence-corrected chi connectivity index (χ2v) is 6.62. The molecule has 0 unspecified atom stereocenters. The molecule has 7 nitrogen and oxygen atoms in total. The molecular formula is C23H25NO6. The number of nitrogens with zero attached hydrogens (tertiary/aromatic N) is 1. The minimum atomic E-state index is -0.118. The van der Waals surface area contributed by atoms with Crippen LogP contribution in [0.3, 0.4) is 0 Å². The van der Waals surface area contributed by atoms with Crippen molar-refractivity contribution in [3.05, 3.63) is 59.7 Å². The molecule has 30 heavy (non-hydrogen) atoms. The van der Waals surface area contributed by atoms with E-state index in [-0.39, 0.29) is 18.3 Å². The minimum Gasteiger partial charge on any atom is -0.497 e. The Morgan fingerprint density at radius 1 is 1.00 bits per heavy atom. The molecule has 7 heteroatoms. The number of hydrogen-bond donors (Lipinski definition) is 0. The predicted octanol–water partition coefficient (Wildman–Crippen LogP) is 2.84. The van der Waals surface area contributed by atoms with Gasteiger partial charge >= 0.3 is 0 Å². The summed E-state index contributed by atoms with van der Waals surface area (Å²) in [6, 6.07) is 12.2. The molecule has 1 saturated heterocycles. The number of amides is 1. The standard InChI is InChI=1S/C23H25NO6/c1-27-19-7-5-18(6-8-19)20(25)9-3-17-4-10-21(22(15-17)28-2)30-16-23(26)24-11-13-29-14-12-24/h3-10,15H,11-14,16H2,1-2H3/b9-3+. The maximum atomic E-state index is 12.3. The van der Waals surface area contributed by atoms with E-state index < -0.39 is 0 Å². The highest BCUT2D eigenvalue weighted by atomic mass is 16.5. The molecule has 1 heterocycles. The van der Waals surface area contributed by atoms with Crippen LogP contribution in [0.5, 0.6) is 17.2 Å². The number of carbonyl (C=O) groups is 2. The smallest absolute Gasteiger partial charge is 0.260 e. The predicted molar refractivity (Wildman–Crippen MR) is 112 cm³/mol. The summed E-state index contributed by atoms with van der Waals surface area (Å²) in [4.78, 5) is 26.3. The van der Waals surface area contributed by atoms with E-state index in [1.165, 1.54) is 13.2 Å². The van der Waals surface area contributed by atoms with Gasteiger partial charge < -0.3 is 23.8 Å². The largest absolute Gasteiger partial charge is 0.497 e. The Morgan fingerprint density at radius 2 is 1.73 bits per heavy atom. The molecule has 0 aromatic heterocycles. The molecule has 1 amide bonds. The van der Waals surface area contributed by atoms with Crippen LogP contribution in [0.1, 0.15) is 15.9 Å². The fourth-order valence-corrected chi connectivity index (χ4v) is 2.97. The van der Waals surface area contributed by atoms with E-state index in [0.29, 0.717) is 49.1 Å². The number of ether oxygens (including phenoxy) is 4. The van der Waals surface area contributed by atoms with E-state index in [1.54, 1.807) is 60.6 Å². The topological polar surface area (TPSA) is 74.3 Å². The van der Waals surface area contributed by atoms with Gasteiger partial charge in [-0.1, -0.05) is 12.1 Å². The quantitative estimate of drug-likeness (QED) is 0.491. The van der Waals surface area contributed by atoms with Crippen molar-refractivity contribution in [2.24, 2.45) is 0 Å². The zero-order valence-electron chi connectivity index (χ0n) is 17.1. The molecule has 2 aromatic carbocycles. The summed E-state index contributed by atoms with van der Waals surface area (Å²) in [5.41, 5.74) is 1.35. The van der Waals surface area contributed by atoms with Crippen molar-refractivity contribution in [1.29, 1.82) is 0 Å². The van der Waals surface area contributed by atoms with E-state index in [1.807, 2.05) is 0 Å². The molecule has 0 bridgehead atoms. The van der Waals surface area contributed by atoms with E-state index >= 15 is 0 Å². The van der Waals surface area contributed by atoms with Crippen LogP contribution >= 0.6 is 0 Å². The SMILES string of the molecule is COc1ccc(C(=O)/C=C/c2ccc(OCC(=O)N3CCOCC3)c(OC)c2)cc1. The summed E-state index contributed by atoms with van der Waals surface area (Å²) in [6.07, 6.45) is 3.21. The summed E-state index contributed by atoms with van der Waals surface area (Å²) in [5, 5.41) is 0. The summed E-state index contributed by atoms with van der Waals surface area (Å²) >= 11 is 0. The first-order chi connectivity index (χ1) is 14.6. The highest BCUT2D eigenvalue weighted by molar-refractivity contribution is 6.06. The van der Waals surface area contributed by atoms with E-state index in [0.717, 1.165) is 5.56 Å². The minimum absolute atomic E-state index is 0.0680. The molecule has 1 aliphatic heterocycles. The van der Waals surface area contributed by atoms with Crippen molar-refractivity contribution in [2.75, 3.05) is 47.1 Å². The number of benzene rings is 2. The zero-order chi connectivity index (χ0) is 21.3. The average molecular weight is 411 g/mol. The number of hydrogen-bond acceptors (Lipinski definition) is 6. The normalized spacial score (nSPS) is 13.9. The van der Waals surface area contributed by atoms with Crippen molar-refractivity contribution >= 4 is 17.8 Å². The third-order valence-corrected chi connectivity index (χ3v) is 4.70. The number of rotatable bonds is 8.